The second-order valence-corrected chi connectivity index (χ2v) is 6.37. The molecule has 3 heteroatoms. The first-order chi connectivity index (χ1) is 9.17. The summed E-state index contributed by atoms with van der Waals surface area (Å²) in [6, 6.07) is 8.63. The number of rotatable bonds is 5. The highest BCUT2D eigenvalue weighted by Gasteiger charge is 2.47. The number of nitrogens with one attached hydrogen (secondary N) is 1. The van der Waals surface area contributed by atoms with Crippen molar-refractivity contribution in [2.45, 2.75) is 45.3 Å². The van der Waals surface area contributed by atoms with Crippen molar-refractivity contribution < 1.29 is 4.74 Å². The molecule has 0 amide bonds. The van der Waals surface area contributed by atoms with Gasteiger partial charge in [-0.25, -0.2) is 0 Å². The SMILES string of the molecule is CC(C)Oc1cccc(C(NN)C2CC3CC3C2)c1. The smallest absolute Gasteiger partial charge is 0.120 e. The van der Waals surface area contributed by atoms with Crippen molar-refractivity contribution in [3.63, 3.8) is 0 Å². The fourth-order valence-corrected chi connectivity index (χ4v) is 3.59. The summed E-state index contributed by atoms with van der Waals surface area (Å²) in [5.41, 5.74) is 4.28. The molecule has 0 aliphatic heterocycles. The highest BCUT2D eigenvalue weighted by Crippen LogP contribution is 2.57. The standard InChI is InChI=1S/C16H24N2O/c1-10(2)19-15-5-3-4-11(9-15)16(18-17)14-7-12-6-13(12)8-14/h3-5,9-10,12-14,16,18H,6-8,17H2,1-2H3. The van der Waals surface area contributed by atoms with E-state index < -0.39 is 0 Å². The molecule has 19 heavy (non-hydrogen) atoms. The molecule has 1 aromatic carbocycles. The van der Waals surface area contributed by atoms with Crippen LogP contribution in [0.15, 0.2) is 24.3 Å². The number of fused-ring (bicyclic) bond motifs is 1. The van der Waals surface area contributed by atoms with E-state index in [1.54, 1.807) is 0 Å². The Balaban J connectivity index is 1.74. The van der Waals surface area contributed by atoms with Gasteiger partial charge in [-0.3, -0.25) is 11.3 Å². The summed E-state index contributed by atoms with van der Waals surface area (Å²) in [7, 11) is 0. The normalized spacial score (nSPS) is 30.2. The van der Waals surface area contributed by atoms with E-state index in [4.69, 9.17) is 10.6 Å². The van der Waals surface area contributed by atoms with Gasteiger partial charge in [0.25, 0.3) is 0 Å². The average Bonchev–Trinajstić information content (AvgIpc) is 2.97. The lowest BCUT2D eigenvalue weighted by molar-refractivity contribution is 0.241. The molecule has 2 aliphatic rings. The molecule has 0 saturated heterocycles. The van der Waals surface area contributed by atoms with Crippen LogP contribution in [0.3, 0.4) is 0 Å². The summed E-state index contributed by atoms with van der Waals surface area (Å²) in [6.07, 6.45) is 4.31. The Morgan fingerprint density at radius 3 is 2.58 bits per heavy atom. The van der Waals surface area contributed by atoms with Crippen molar-refractivity contribution in [2.75, 3.05) is 0 Å². The Morgan fingerprint density at radius 2 is 1.95 bits per heavy atom. The van der Waals surface area contributed by atoms with Crippen molar-refractivity contribution in [3.05, 3.63) is 29.8 Å². The molecular formula is C16H24N2O. The number of hydrogen-bond acceptors (Lipinski definition) is 3. The summed E-state index contributed by atoms with van der Waals surface area (Å²) < 4.78 is 5.77. The van der Waals surface area contributed by atoms with Crippen molar-refractivity contribution in [2.24, 2.45) is 23.6 Å². The molecule has 2 aliphatic carbocycles. The van der Waals surface area contributed by atoms with Crippen LogP contribution in [0.1, 0.15) is 44.7 Å². The maximum atomic E-state index is 5.81. The number of benzene rings is 1. The highest BCUT2D eigenvalue weighted by atomic mass is 16.5. The Labute approximate surface area is 115 Å². The van der Waals surface area contributed by atoms with Crippen LogP contribution < -0.4 is 16.0 Å². The minimum atomic E-state index is 0.207. The Hall–Kier alpha value is -1.06. The number of ether oxygens (including phenoxy) is 1. The van der Waals surface area contributed by atoms with E-state index in [0.717, 1.165) is 17.6 Å². The summed E-state index contributed by atoms with van der Waals surface area (Å²) in [5.74, 6) is 9.39. The van der Waals surface area contributed by atoms with Crippen molar-refractivity contribution in [1.29, 1.82) is 0 Å². The third-order valence-electron chi connectivity index (χ3n) is 4.52. The molecule has 0 bridgehead atoms. The van der Waals surface area contributed by atoms with Gasteiger partial charge >= 0.3 is 0 Å². The fraction of sp³-hybridized carbons (Fsp3) is 0.625. The molecule has 0 heterocycles. The van der Waals surface area contributed by atoms with Crippen molar-refractivity contribution >= 4 is 0 Å². The van der Waals surface area contributed by atoms with Gasteiger partial charge in [-0.2, -0.15) is 0 Å². The van der Waals surface area contributed by atoms with Crippen LogP contribution in [0.4, 0.5) is 0 Å². The van der Waals surface area contributed by atoms with Gasteiger partial charge in [0.05, 0.1) is 6.10 Å². The van der Waals surface area contributed by atoms with Crippen LogP contribution in [0.5, 0.6) is 5.75 Å². The highest BCUT2D eigenvalue weighted by molar-refractivity contribution is 5.31. The topological polar surface area (TPSA) is 47.3 Å². The molecule has 3 unspecified atom stereocenters. The van der Waals surface area contributed by atoms with Crippen LogP contribution >= 0.6 is 0 Å². The second kappa shape index (κ2) is 5.14. The third kappa shape index (κ3) is 2.77. The first kappa shape index (κ1) is 12.9. The van der Waals surface area contributed by atoms with Crippen molar-refractivity contribution in [1.82, 2.24) is 5.43 Å². The van der Waals surface area contributed by atoms with Gasteiger partial charge in [-0.15, -0.1) is 0 Å². The number of hydrogen-bond donors (Lipinski definition) is 2. The first-order valence-electron chi connectivity index (χ1n) is 7.40. The molecular weight excluding hydrogens is 236 g/mol. The molecule has 0 spiro atoms. The predicted octanol–water partition coefficient (Wildman–Crippen LogP) is 3.02. The average molecular weight is 260 g/mol. The molecule has 2 saturated carbocycles. The Bertz CT molecular complexity index is 436. The van der Waals surface area contributed by atoms with Gasteiger partial charge in [0.1, 0.15) is 5.75 Å². The van der Waals surface area contributed by atoms with E-state index in [2.05, 4.69) is 37.5 Å². The lowest BCUT2D eigenvalue weighted by Gasteiger charge is -2.25. The Morgan fingerprint density at radius 1 is 1.21 bits per heavy atom. The van der Waals surface area contributed by atoms with Gasteiger partial charge in [-0.1, -0.05) is 12.1 Å². The number of hydrazine groups is 1. The maximum absolute atomic E-state index is 5.81. The summed E-state index contributed by atoms with van der Waals surface area (Å²) in [6.45, 7) is 4.10. The second-order valence-electron chi connectivity index (χ2n) is 6.37. The zero-order chi connectivity index (χ0) is 13.4. The van der Waals surface area contributed by atoms with Crippen LogP contribution in [0.25, 0.3) is 0 Å². The maximum Gasteiger partial charge on any atom is 0.120 e. The summed E-state index contributed by atoms with van der Waals surface area (Å²) in [5, 5.41) is 0. The molecule has 3 atom stereocenters. The Kier molecular flexibility index (Phi) is 3.50. The van der Waals surface area contributed by atoms with E-state index in [9.17, 15) is 0 Å². The van der Waals surface area contributed by atoms with E-state index in [-0.39, 0.29) is 12.1 Å². The summed E-state index contributed by atoms with van der Waals surface area (Å²) in [4.78, 5) is 0. The first-order valence-corrected chi connectivity index (χ1v) is 7.40. The minimum Gasteiger partial charge on any atom is -0.491 e. The van der Waals surface area contributed by atoms with Crippen LogP contribution in [0.2, 0.25) is 0 Å². The van der Waals surface area contributed by atoms with E-state index in [0.29, 0.717) is 5.92 Å². The predicted molar refractivity (Wildman–Crippen MR) is 76.6 cm³/mol. The molecule has 104 valence electrons. The zero-order valence-corrected chi connectivity index (χ0v) is 11.8. The largest absolute Gasteiger partial charge is 0.491 e. The summed E-state index contributed by atoms with van der Waals surface area (Å²) >= 11 is 0. The minimum absolute atomic E-state index is 0.207. The fourth-order valence-electron chi connectivity index (χ4n) is 3.59. The van der Waals surface area contributed by atoms with Gasteiger partial charge in [-0.05, 0) is 68.6 Å². The van der Waals surface area contributed by atoms with Crippen LogP contribution in [-0.2, 0) is 0 Å². The van der Waals surface area contributed by atoms with Crippen molar-refractivity contribution in [3.8, 4) is 5.75 Å². The van der Waals surface area contributed by atoms with Crippen LogP contribution in [0, 0.1) is 17.8 Å². The van der Waals surface area contributed by atoms with Gasteiger partial charge in [0.2, 0.25) is 0 Å². The monoisotopic (exact) mass is 260 g/mol. The van der Waals surface area contributed by atoms with E-state index >= 15 is 0 Å². The lowest BCUT2D eigenvalue weighted by atomic mass is 9.89. The van der Waals surface area contributed by atoms with E-state index in [1.165, 1.54) is 24.8 Å². The molecule has 0 radical (unpaired) electrons. The van der Waals surface area contributed by atoms with E-state index in [1.807, 2.05) is 6.07 Å². The molecule has 0 aromatic heterocycles. The van der Waals surface area contributed by atoms with Gasteiger partial charge in [0.15, 0.2) is 0 Å². The molecule has 1 aromatic rings. The van der Waals surface area contributed by atoms with Gasteiger partial charge < -0.3 is 4.74 Å². The molecule has 3 rings (SSSR count). The molecule has 3 N–H and O–H groups in total. The number of nitrogens with two attached hydrogens (primary N) is 1. The molecule has 3 nitrogen and oxygen atoms in total. The van der Waals surface area contributed by atoms with Gasteiger partial charge in [0, 0.05) is 6.04 Å². The quantitative estimate of drug-likeness (QED) is 0.632. The lowest BCUT2D eigenvalue weighted by Crippen LogP contribution is -2.33. The van der Waals surface area contributed by atoms with Crippen LogP contribution in [-0.4, -0.2) is 6.10 Å². The molecule has 2 fully saturated rings. The zero-order valence-electron chi connectivity index (χ0n) is 11.8. The third-order valence-corrected chi connectivity index (χ3v) is 4.52.